The van der Waals surface area contributed by atoms with E-state index in [2.05, 4.69) is 5.32 Å². The molecular formula is C15H31N3O2S. The second kappa shape index (κ2) is 7.90. The Morgan fingerprint density at radius 3 is 2.33 bits per heavy atom. The average Bonchev–Trinajstić information content (AvgIpc) is 2.75. The first kappa shape index (κ1) is 17.2. The molecule has 0 bridgehead atoms. The molecule has 0 amide bonds. The zero-order valence-electron chi connectivity index (χ0n) is 13.6. The summed E-state index contributed by atoms with van der Waals surface area (Å²) < 4.78 is 29.4. The first-order chi connectivity index (χ1) is 10.1. The van der Waals surface area contributed by atoms with Gasteiger partial charge in [-0.2, -0.15) is 17.0 Å². The lowest BCUT2D eigenvalue weighted by molar-refractivity contribution is 0.188. The van der Waals surface area contributed by atoms with Crippen LogP contribution in [0.1, 0.15) is 52.4 Å². The van der Waals surface area contributed by atoms with Gasteiger partial charge in [-0.05, 0) is 44.7 Å². The molecular weight excluding hydrogens is 286 g/mol. The topological polar surface area (TPSA) is 52.7 Å². The van der Waals surface area contributed by atoms with Crippen LogP contribution in [0.3, 0.4) is 0 Å². The van der Waals surface area contributed by atoms with E-state index in [0.29, 0.717) is 25.6 Å². The van der Waals surface area contributed by atoms with Crippen LogP contribution < -0.4 is 5.32 Å². The highest BCUT2D eigenvalue weighted by molar-refractivity contribution is 7.86. The Balaban J connectivity index is 2.22. The van der Waals surface area contributed by atoms with Crippen molar-refractivity contribution in [2.75, 3.05) is 32.7 Å². The van der Waals surface area contributed by atoms with Gasteiger partial charge in [-0.15, -0.1) is 0 Å². The Kier molecular flexibility index (Phi) is 6.47. The molecule has 1 unspecified atom stereocenters. The van der Waals surface area contributed by atoms with Crippen LogP contribution in [0.25, 0.3) is 0 Å². The molecule has 2 aliphatic rings. The van der Waals surface area contributed by atoms with Gasteiger partial charge in [0.1, 0.15) is 0 Å². The molecule has 5 nitrogen and oxygen atoms in total. The van der Waals surface area contributed by atoms with Crippen LogP contribution >= 0.6 is 0 Å². The van der Waals surface area contributed by atoms with Crippen LogP contribution in [-0.2, 0) is 10.2 Å². The summed E-state index contributed by atoms with van der Waals surface area (Å²) in [6.07, 6.45) is 6.57. The molecule has 1 N–H and O–H groups in total. The van der Waals surface area contributed by atoms with E-state index in [1.54, 1.807) is 4.31 Å². The van der Waals surface area contributed by atoms with Crippen molar-refractivity contribution >= 4 is 10.2 Å². The lowest BCUT2D eigenvalue weighted by Crippen LogP contribution is -2.52. The number of nitrogens with zero attached hydrogens (tertiary/aromatic N) is 2. The molecule has 6 heteroatoms. The molecule has 0 radical (unpaired) electrons. The molecule has 2 fully saturated rings. The van der Waals surface area contributed by atoms with E-state index in [1.807, 2.05) is 18.2 Å². The molecule has 0 saturated carbocycles. The Morgan fingerprint density at radius 1 is 1.05 bits per heavy atom. The first-order valence-electron chi connectivity index (χ1n) is 8.58. The summed E-state index contributed by atoms with van der Waals surface area (Å²) in [6.45, 7) is 7.74. The summed E-state index contributed by atoms with van der Waals surface area (Å²) in [6, 6.07) is 0.209. The maximum Gasteiger partial charge on any atom is 0.282 e. The van der Waals surface area contributed by atoms with E-state index in [9.17, 15) is 8.42 Å². The van der Waals surface area contributed by atoms with Gasteiger partial charge >= 0.3 is 0 Å². The third-order valence-electron chi connectivity index (χ3n) is 5.00. The van der Waals surface area contributed by atoms with Crippen molar-refractivity contribution in [3.05, 3.63) is 0 Å². The second-order valence-corrected chi connectivity index (χ2v) is 8.09. The molecule has 0 aromatic rings. The standard InChI is InChI=1S/C15H31N3O2S/c1-3-17(4-2)21(19,20)18-13-7-5-6-8-15(18)14-9-11-16-12-10-14/h14-16H,3-13H2,1-2H3. The zero-order chi connectivity index (χ0) is 15.3. The lowest BCUT2D eigenvalue weighted by Gasteiger charge is -2.39. The summed E-state index contributed by atoms with van der Waals surface area (Å²) in [5.74, 6) is 0.523. The van der Waals surface area contributed by atoms with Gasteiger partial charge in [0.2, 0.25) is 0 Å². The zero-order valence-corrected chi connectivity index (χ0v) is 14.4. The summed E-state index contributed by atoms with van der Waals surface area (Å²) >= 11 is 0. The SMILES string of the molecule is CCN(CC)S(=O)(=O)N1CCCCCC1C1CCNCC1. The van der Waals surface area contributed by atoms with E-state index in [4.69, 9.17) is 0 Å². The van der Waals surface area contributed by atoms with Crippen molar-refractivity contribution in [2.24, 2.45) is 5.92 Å². The molecule has 0 aromatic heterocycles. The third kappa shape index (κ3) is 3.97. The van der Waals surface area contributed by atoms with Crippen LogP contribution in [0.4, 0.5) is 0 Å². The predicted octanol–water partition coefficient (Wildman–Crippen LogP) is 1.82. The molecule has 0 aliphatic carbocycles. The fourth-order valence-electron chi connectivity index (χ4n) is 3.79. The van der Waals surface area contributed by atoms with E-state index in [0.717, 1.165) is 45.2 Å². The highest BCUT2D eigenvalue weighted by Crippen LogP contribution is 2.31. The summed E-state index contributed by atoms with van der Waals surface area (Å²) in [5.41, 5.74) is 0. The monoisotopic (exact) mass is 317 g/mol. The van der Waals surface area contributed by atoms with Gasteiger partial charge in [-0.1, -0.05) is 26.7 Å². The van der Waals surface area contributed by atoms with Crippen LogP contribution in [0.2, 0.25) is 0 Å². The summed E-state index contributed by atoms with van der Waals surface area (Å²) in [7, 11) is -3.30. The molecule has 2 rings (SSSR count). The normalized spacial score (nSPS) is 26.9. The highest BCUT2D eigenvalue weighted by Gasteiger charge is 2.38. The molecule has 2 saturated heterocycles. The minimum atomic E-state index is -3.30. The summed E-state index contributed by atoms with van der Waals surface area (Å²) in [4.78, 5) is 0. The molecule has 1 atom stereocenters. The second-order valence-electron chi connectivity index (χ2n) is 6.21. The number of hydrogen-bond donors (Lipinski definition) is 1. The van der Waals surface area contributed by atoms with E-state index in [1.165, 1.54) is 6.42 Å². The fraction of sp³-hybridized carbons (Fsp3) is 1.00. The highest BCUT2D eigenvalue weighted by atomic mass is 32.2. The Labute approximate surface area is 130 Å². The first-order valence-corrected chi connectivity index (χ1v) is 9.98. The van der Waals surface area contributed by atoms with Crippen molar-refractivity contribution in [1.82, 2.24) is 13.9 Å². The van der Waals surface area contributed by atoms with Gasteiger partial charge in [-0.25, -0.2) is 0 Å². The number of rotatable bonds is 5. The Bertz CT molecular complexity index is 403. The fourth-order valence-corrected chi connectivity index (χ4v) is 5.72. The van der Waals surface area contributed by atoms with Crippen LogP contribution in [0, 0.1) is 5.92 Å². The molecule has 2 heterocycles. The minimum absolute atomic E-state index is 0.209. The molecule has 0 spiro atoms. The van der Waals surface area contributed by atoms with Crippen LogP contribution in [0.5, 0.6) is 0 Å². The quantitative estimate of drug-likeness (QED) is 0.841. The molecule has 124 valence electrons. The Hall–Kier alpha value is -0.170. The Morgan fingerprint density at radius 2 is 1.71 bits per heavy atom. The van der Waals surface area contributed by atoms with Crippen molar-refractivity contribution in [3.63, 3.8) is 0 Å². The van der Waals surface area contributed by atoms with E-state index < -0.39 is 10.2 Å². The smallest absolute Gasteiger partial charge is 0.282 e. The third-order valence-corrected chi connectivity index (χ3v) is 7.22. The molecule has 2 aliphatic heterocycles. The predicted molar refractivity (Wildman–Crippen MR) is 86.4 cm³/mol. The minimum Gasteiger partial charge on any atom is -0.317 e. The van der Waals surface area contributed by atoms with Crippen molar-refractivity contribution < 1.29 is 8.42 Å². The van der Waals surface area contributed by atoms with Gasteiger partial charge in [0.15, 0.2) is 0 Å². The van der Waals surface area contributed by atoms with Gasteiger partial charge in [0, 0.05) is 25.7 Å². The maximum atomic E-state index is 13.0. The van der Waals surface area contributed by atoms with Crippen LogP contribution in [-0.4, -0.2) is 55.8 Å². The summed E-state index contributed by atoms with van der Waals surface area (Å²) in [5, 5.41) is 3.39. The molecule has 0 aromatic carbocycles. The van der Waals surface area contributed by atoms with Crippen molar-refractivity contribution in [1.29, 1.82) is 0 Å². The average molecular weight is 317 g/mol. The number of nitrogens with one attached hydrogen (secondary N) is 1. The maximum absolute atomic E-state index is 13.0. The number of hydrogen-bond acceptors (Lipinski definition) is 3. The van der Waals surface area contributed by atoms with Crippen molar-refractivity contribution in [3.8, 4) is 0 Å². The van der Waals surface area contributed by atoms with E-state index >= 15 is 0 Å². The van der Waals surface area contributed by atoms with Gasteiger partial charge < -0.3 is 5.32 Å². The van der Waals surface area contributed by atoms with Gasteiger partial charge in [0.25, 0.3) is 10.2 Å². The van der Waals surface area contributed by atoms with Gasteiger partial charge in [-0.3, -0.25) is 0 Å². The van der Waals surface area contributed by atoms with Crippen LogP contribution in [0.15, 0.2) is 0 Å². The van der Waals surface area contributed by atoms with Gasteiger partial charge in [0.05, 0.1) is 0 Å². The van der Waals surface area contributed by atoms with E-state index in [-0.39, 0.29) is 6.04 Å². The van der Waals surface area contributed by atoms with Crippen molar-refractivity contribution in [2.45, 2.75) is 58.4 Å². The lowest BCUT2D eigenvalue weighted by atomic mass is 9.88. The molecule has 21 heavy (non-hydrogen) atoms. The largest absolute Gasteiger partial charge is 0.317 e. The number of piperidine rings is 1.